The van der Waals surface area contributed by atoms with Crippen LogP contribution in [0.2, 0.25) is 0 Å². The highest BCUT2D eigenvalue weighted by atomic mass is 79.9. The number of hydrogen-bond acceptors (Lipinski definition) is 5. The van der Waals surface area contributed by atoms with E-state index >= 15 is 0 Å². The maximum atomic E-state index is 4.60. The Bertz CT molecular complexity index is 539. The van der Waals surface area contributed by atoms with Crippen molar-refractivity contribution >= 4 is 33.2 Å². The monoisotopic (exact) mass is 324 g/mol. The summed E-state index contributed by atoms with van der Waals surface area (Å²) >= 11 is 5.07. The van der Waals surface area contributed by atoms with Crippen LogP contribution in [-0.4, -0.2) is 21.5 Å². The zero-order valence-corrected chi connectivity index (χ0v) is 12.4. The highest BCUT2D eigenvalue weighted by molar-refractivity contribution is 9.10. The first-order chi connectivity index (χ1) is 8.74. The third-order valence-electron chi connectivity index (χ3n) is 3.09. The smallest absolute Gasteiger partial charge is 0.225 e. The van der Waals surface area contributed by atoms with E-state index in [0.717, 1.165) is 34.1 Å². The van der Waals surface area contributed by atoms with Gasteiger partial charge in [-0.05, 0) is 35.7 Å². The van der Waals surface area contributed by atoms with Gasteiger partial charge in [-0.3, -0.25) is 0 Å². The molecule has 1 fully saturated rings. The highest BCUT2D eigenvalue weighted by Gasteiger charge is 2.29. The predicted molar refractivity (Wildman–Crippen MR) is 75.9 cm³/mol. The van der Waals surface area contributed by atoms with Gasteiger partial charge in [-0.25, -0.2) is 15.0 Å². The van der Waals surface area contributed by atoms with Gasteiger partial charge in [0.1, 0.15) is 0 Å². The molecule has 1 aliphatic rings. The maximum Gasteiger partial charge on any atom is 0.225 e. The molecule has 6 heteroatoms. The molecule has 2 aromatic rings. The number of rotatable bonds is 2. The van der Waals surface area contributed by atoms with Crippen LogP contribution in [0.5, 0.6) is 0 Å². The molecular formula is C12H13BrN4S. The summed E-state index contributed by atoms with van der Waals surface area (Å²) in [5.41, 5.74) is 1.15. The van der Waals surface area contributed by atoms with Crippen LogP contribution in [0, 0.1) is 6.92 Å². The van der Waals surface area contributed by atoms with Crippen molar-refractivity contribution in [1.29, 1.82) is 0 Å². The normalized spacial score (nSPS) is 19.4. The Morgan fingerprint density at radius 1 is 1.39 bits per heavy atom. The first-order valence-corrected chi connectivity index (χ1v) is 7.57. The van der Waals surface area contributed by atoms with Crippen LogP contribution in [-0.2, 0) is 0 Å². The lowest BCUT2D eigenvalue weighted by atomic mass is 10.2. The number of nitrogens with zero attached hydrogens (tertiary/aromatic N) is 4. The molecule has 3 rings (SSSR count). The fraction of sp³-hybridized carbons (Fsp3) is 0.417. The topological polar surface area (TPSA) is 41.9 Å². The van der Waals surface area contributed by atoms with Crippen molar-refractivity contribution in [2.45, 2.75) is 25.8 Å². The molecule has 2 aromatic heterocycles. The second-order valence-electron chi connectivity index (χ2n) is 4.34. The molecule has 0 radical (unpaired) electrons. The SMILES string of the molecule is Cc1nc([C@@H]2CCCN2c2ncc(Br)cn2)cs1. The van der Waals surface area contributed by atoms with Crippen molar-refractivity contribution in [3.63, 3.8) is 0 Å². The Morgan fingerprint density at radius 3 is 2.83 bits per heavy atom. The van der Waals surface area contributed by atoms with Gasteiger partial charge in [-0.1, -0.05) is 0 Å². The molecule has 1 atom stereocenters. The van der Waals surface area contributed by atoms with Gasteiger partial charge < -0.3 is 4.90 Å². The minimum Gasteiger partial charge on any atom is -0.332 e. The molecule has 0 saturated carbocycles. The summed E-state index contributed by atoms with van der Waals surface area (Å²) in [5.74, 6) is 0.798. The van der Waals surface area contributed by atoms with Crippen molar-refractivity contribution in [3.05, 3.63) is 32.9 Å². The lowest BCUT2D eigenvalue weighted by Gasteiger charge is -2.23. The maximum absolute atomic E-state index is 4.60. The number of thiazole rings is 1. The van der Waals surface area contributed by atoms with E-state index in [-0.39, 0.29) is 0 Å². The molecule has 0 aliphatic carbocycles. The van der Waals surface area contributed by atoms with Gasteiger partial charge in [-0.15, -0.1) is 11.3 Å². The van der Waals surface area contributed by atoms with Crippen LogP contribution in [0.15, 0.2) is 22.2 Å². The van der Waals surface area contributed by atoms with Crippen molar-refractivity contribution in [2.75, 3.05) is 11.4 Å². The fourth-order valence-electron chi connectivity index (χ4n) is 2.30. The van der Waals surface area contributed by atoms with Crippen LogP contribution in [0.25, 0.3) is 0 Å². The molecule has 3 heterocycles. The molecule has 4 nitrogen and oxygen atoms in total. The number of halogens is 1. The zero-order valence-electron chi connectivity index (χ0n) is 10.0. The number of hydrogen-bond donors (Lipinski definition) is 0. The number of aromatic nitrogens is 3. The second-order valence-corrected chi connectivity index (χ2v) is 6.32. The molecule has 0 unspecified atom stereocenters. The Morgan fingerprint density at radius 2 is 2.17 bits per heavy atom. The summed E-state index contributed by atoms with van der Waals surface area (Å²) in [6.07, 6.45) is 5.89. The first-order valence-electron chi connectivity index (χ1n) is 5.90. The van der Waals surface area contributed by atoms with Crippen LogP contribution >= 0.6 is 27.3 Å². The Balaban J connectivity index is 1.89. The van der Waals surface area contributed by atoms with Crippen LogP contribution < -0.4 is 4.90 Å². The molecule has 94 valence electrons. The van der Waals surface area contributed by atoms with Gasteiger partial charge >= 0.3 is 0 Å². The van der Waals surface area contributed by atoms with E-state index in [0.29, 0.717) is 6.04 Å². The highest BCUT2D eigenvalue weighted by Crippen LogP contribution is 2.34. The van der Waals surface area contributed by atoms with E-state index in [2.05, 4.69) is 41.2 Å². The summed E-state index contributed by atoms with van der Waals surface area (Å²) in [7, 11) is 0. The van der Waals surface area contributed by atoms with Crippen molar-refractivity contribution in [2.24, 2.45) is 0 Å². The largest absolute Gasteiger partial charge is 0.332 e. The minimum atomic E-state index is 0.330. The minimum absolute atomic E-state index is 0.330. The second kappa shape index (κ2) is 4.93. The predicted octanol–water partition coefficient (Wildman–Crippen LogP) is 3.35. The zero-order chi connectivity index (χ0) is 12.5. The van der Waals surface area contributed by atoms with Crippen LogP contribution in [0.4, 0.5) is 5.95 Å². The van der Waals surface area contributed by atoms with Gasteiger partial charge in [0.2, 0.25) is 5.95 Å². The van der Waals surface area contributed by atoms with Gasteiger partial charge in [0, 0.05) is 24.3 Å². The lowest BCUT2D eigenvalue weighted by molar-refractivity contribution is 0.682. The standard InChI is InChI=1S/C12H13BrN4S/c1-8-16-10(7-18-8)11-3-2-4-17(11)12-14-5-9(13)6-15-12/h5-7,11H,2-4H2,1H3/t11-/m0/s1. The van der Waals surface area contributed by atoms with Gasteiger partial charge in [0.15, 0.2) is 0 Å². The average Bonchev–Trinajstić information content (AvgIpc) is 2.98. The Kier molecular flexibility index (Phi) is 3.30. The van der Waals surface area contributed by atoms with Crippen molar-refractivity contribution in [1.82, 2.24) is 15.0 Å². The molecule has 1 saturated heterocycles. The van der Waals surface area contributed by atoms with Gasteiger partial charge in [0.25, 0.3) is 0 Å². The van der Waals surface area contributed by atoms with Crippen molar-refractivity contribution < 1.29 is 0 Å². The third-order valence-corrected chi connectivity index (χ3v) is 4.30. The lowest BCUT2D eigenvalue weighted by Crippen LogP contribution is -2.24. The molecule has 0 aromatic carbocycles. The van der Waals surface area contributed by atoms with Gasteiger partial charge in [-0.2, -0.15) is 0 Å². The molecule has 0 N–H and O–H groups in total. The summed E-state index contributed by atoms with van der Waals surface area (Å²) in [6, 6.07) is 0.330. The molecule has 0 spiro atoms. The average molecular weight is 325 g/mol. The van der Waals surface area contributed by atoms with E-state index in [1.165, 1.54) is 6.42 Å². The van der Waals surface area contributed by atoms with Crippen molar-refractivity contribution in [3.8, 4) is 0 Å². The molecule has 0 amide bonds. The first kappa shape index (κ1) is 12.0. The van der Waals surface area contributed by atoms with Gasteiger partial charge in [0.05, 0.1) is 21.2 Å². The molecular weight excluding hydrogens is 312 g/mol. The summed E-state index contributed by atoms with van der Waals surface area (Å²) < 4.78 is 0.909. The molecule has 1 aliphatic heterocycles. The molecule has 18 heavy (non-hydrogen) atoms. The van der Waals surface area contributed by atoms with E-state index in [1.807, 2.05) is 6.92 Å². The van der Waals surface area contributed by atoms with E-state index < -0.39 is 0 Å². The summed E-state index contributed by atoms with van der Waals surface area (Å²) in [6.45, 7) is 3.05. The summed E-state index contributed by atoms with van der Waals surface area (Å²) in [4.78, 5) is 15.6. The van der Waals surface area contributed by atoms with E-state index in [4.69, 9.17) is 0 Å². The number of anilines is 1. The van der Waals surface area contributed by atoms with E-state index in [1.54, 1.807) is 23.7 Å². The fourth-order valence-corrected chi connectivity index (χ4v) is 3.16. The third kappa shape index (κ3) is 2.27. The quantitative estimate of drug-likeness (QED) is 0.849. The molecule has 0 bridgehead atoms. The van der Waals surface area contributed by atoms with Crippen LogP contribution in [0.3, 0.4) is 0 Å². The van der Waals surface area contributed by atoms with E-state index in [9.17, 15) is 0 Å². The summed E-state index contributed by atoms with van der Waals surface area (Å²) in [5, 5.41) is 3.27. The Labute approximate surface area is 118 Å². The number of aryl methyl sites for hydroxylation is 1. The Hall–Kier alpha value is -1.01. The van der Waals surface area contributed by atoms with Crippen LogP contribution in [0.1, 0.15) is 29.6 Å².